The number of ether oxygens (including phenoxy) is 3. The van der Waals surface area contributed by atoms with Crippen LogP contribution in [0.3, 0.4) is 0 Å². The van der Waals surface area contributed by atoms with Crippen molar-refractivity contribution in [3.8, 4) is 17.1 Å². The van der Waals surface area contributed by atoms with E-state index in [2.05, 4.69) is 10.3 Å². The number of methoxy groups -OCH3 is 1. The zero-order chi connectivity index (χ0) is 27.8. The molecule has 0 bridgehead atoms. The summed E-state index contributed by atoms with van der Waals surface area (Å²) in [4.78, 5) is 27.6. The van der Waals surface area contributed by atoms with E-state index >= 15 is 0 Å². The second-order valence-corrected chi connectivity index (χ2v) is 8.22. The molecule has 3 aromatic carbocycles. The number of anilines is 1. The van der Waals surface area contributed by atoms with Gasteiger partial charge in [0.25, 0.3) is 0 Å². The van der Waals surface area contributed by atoms with Crippen molar-refractivity contribution in [1.29, 1.82) is 0 Å². The van der Waals surface area contributed by atoms with E-state index in [0.29, 0.717) is 30.0 Å². The molecule has 202 valence electrons. The van der Waals surface area contributed by atoms with Crippen LogP contribution in [0.15, 0.2) is 66.7 Å². The molecular formula is C27H25FN4O7. The van der Waals surface area contributed by atoms with Crippen LogP contribution in [0.5, 0.6) is 5.75 Å². The number of carbonyl (C=O) groups excluding carboxylic acids is 1. The summed E-state index contributed by atoms with van der Waals surface area (Å²) in [5.41, 5.74) is 1.76. The highest BCUT2D eigenvalue weighted by Gasteiger charge is 2.22. The number of carbonyl (C=O) groups is 1. The standard InChI is InChI=1S/C27H25FN4O7/c1-37-12-13-38-14-15-39-25-16-22-23(17-24(25)32(35)36)31(34)27(30-22)19-5-9-21(10-6-19)29-26(33)11-4-18-2-7-20(28)8-3-18/h2-11,16-17,34H,12-15H2,1H3,(H,29,33)/b11-4+. The number of nitro benzene ring substituents is 1. The first-order valence-electron chi connectivity index (χ1n) is 11.8. The number of nitrogens with one attached hydrogen (secondary N) is 1. The third-order valence-electron chi connectivity index (χ3n) is 5.53. The number of nitro groups is 1. The quantitative estimate of drug-likeness (QED) is 0.0875. The molecular weight excluding hydrogens is 511 g/mol. The number of hydrogen-bond acceptors (Lipinski definition) is 8. The molecule has 12 heteroatoms. The molecule has 0 saturated heterocycles. The zero-order valence-corrected chi connectivity index (χ0v) is 20.9. The summed E-state index contributed by atoms with van der Waals surface area (Å²) < 4.78 is 29.5. The van der Waals surface area contributed by atoms with Gasteiger partial charge < -0.3 is 24.7 Å². The van der Waals surface area contributed by atoms with Crippen LogP contribution in [0.1, 0.15) is 5.56 Å². The van der Waals surface area contributed by atoms with Crippen LogP contribution in [0.4, 0.5) is 15.8 Å². The lowest BCUT2D eigenvalue weighted by molar-refractivity contribution is -0.385. The molecule has 0 fully saturated rings. The van der Waals surface area contributed by atoms with Gasteiger partial charge in [-0.25, -0.2) is 9.37 Å². The predicted molar refractivity (Wildman–Crippen MR) is 141 cm³/mol. The second kappa shape index (κ2) is 12.6. The molecule has 0 aliphatic rings. The number of halogens is 1. The monoisotopic (exact) mass is 536 g/mol. The van der Waals surface area contributed by atoms with Crippen LogP contribution in [0.2, 0.25) is 0 Å². The van der Waals surface area contributed by atoms with Gasteiger partial charge in [-0.15, -0.1) is 0 Å². The summed E-state index contributed by atoms with van der Waals surface area (Å²) in [6.07, 6.45) is 2.88. The maximum absolute atomic E-state index is 13.0. The Hall–Kier alpha value is -4.81. The number of aromatic nitrogens is 2. The minimum Gasteiger partial charge on any atom is -0.484 e. The van der Waals surface area contributed by atoms with E-state index in [1.165, 1.54) is 30.3 Å². The van der Waals surface area contributed by atoms with Crippen LogP contribution in [0, 0.1) is 15.9 Å². The Labute approximate surface area is 222 Å². The average molecular weight is 537 g/mol. The third-order valence-corrected chi connectivity index (χ3v) is 5.53. The van der Waals surface area contributed by atoms with E-state index < -0.39 is 4.92 Å². The van der Waals surface area contributed by atoms with Crippen LogP contribution < -0.4 is 10.1 Å². The largest absolute Gasteiger partial charge is 0.484 e. The number of nitrogens with zero attached hydrogens (tertiary/aromatic N) is 3. The van der Waals surface area contributed by atoms with Gasteiger partial charge in [-0.1, -0.05) is 12.1 Å². The maximum atomic E-state index is 13.0. The zero-order valence-electron chi connectivity index (χ0n) is 20.9. The average Bonchev–Trinajstić information content (AvgIpc) is 3.25. The molecule has 39 heavy (non-hydrogen) atoms. The Balaban J connectivity index is 1.47. The first-order valence-corrected chi connectivity index (χ1v) is 11.8. The second-order valence-electron chi connectivity index (χ2n) is 8.22. The van der Waals surface area contributed by atoms with Gasteiger partial charge in [0.1, 0.15) is 17.9 Å². The van der Waals surface area contributed by atoms with E-state index in [0.717, 1.165) is 4.73 Å². The third kappa shape index (κ3) is 6.94. The molecule has 0 atom stereocenters. The Kier molecular flexibility index (Phi) is 8.82. The normalized spacial score (nSPS) is 11.2. The summed E-state index contributed by atoms with van der Waals surface area (Å²) >= 11 is 0. The molecule has 4 aromatic rings. The highest BCUT2D eigenvalue weighted by Crippen LogP contribution is 2.34. The van der Waals surface area contributed by atoms with Gasteiger partial charge in [0, 0.05) is 36.6 Å². The fourth-order valence-corrected chi connectivity index (χ4v) is 3.61. The van der Waals surface area contributed by atoms with E-state index in [9.17, 15) is 24.5 Å². The Morgan fingerprint density at radius 2 is 1.82 bits per heavy atom. The Morgan fingerprint density at radius 1 is 1.10 bits per heavy atom. The number of rotatable bonds is 12. The molecule has 4 rings (SSSR count). The summed E-state index contributed by atoms with van der Waals surface area (Å²) in [5.74, 6) is -0.599. The maximum Gasteiger partial charge on any atom is 0.313 e. The summed E-state index contributed by atoms with van der Waals surface area (Å²) in [6.45, 7) is 1.08. The Morgan fingerprint density at radius 3 is 2.51 bits per heavy atom. The lowest BCUT2D eigenvalue weighted by Gasteiger charge is -2.08. The molecule has 0 spiro atoms. The van der Waals surface area contributed by atoms with Crippen LogP contribution in [0.25, 0.3) is 28.5 Å². The topological polar surface area (TPSA) is 138 Å². The van der Waals surface area contributed by atoms with Gasteiger partial charge in [-0.05, 0) is 48.0 Å². The van der Waals surface area contributed by atoms with E-state index in [1.807, 2.05) is 0 Å². The summed E-state index contributed by atoms with van der Waals surface area (Å²) in [7, 11) is 1.55. The molecule has 1 heterocycles. The SMILES string of the molecule is COCCOCCOc1cc2nc(-c3ccc(NC(=O)/C=C/c4ccc(F)cc4)cc3)n(O)c2cc1[N+](=O)[O-]. The minimum atomic E-state index is -0.602. The molecule has 0 unspecified atom stereocenters. The van der Waals surface area contributed by atoms with Gasteiger partial charge >= 0.3 is 5.69 Å². The minimum absolute atomic E-state index is 0.000700. The van der Waals surface area contributed by atoms with Crippen LogP contribution in [-0.2, 0) is 14.3 Å². The van der Waals surface area contributed by atoms with Crippen molar-refractivity contribution in [2.75, 3.05) is 38.9 Å². The van der Waals surface area contributed by atoms with Crippen LogP contribution in [-0.4, -0.2) is 59.3 Å². The first-order chi connectivity index (χ1) is 18.9. The number of hydrogen-bond donors (Lipinski definition) is 2. The number of amides is 1. The molecule has 0 aliphatic carbocycles. The van der Waals surface area contributed by atoms with Crippen molar-refractivity contribution in [3.63, 3.8) is 0 Å². The van der Waals surface area contributed by atoms with E-state index in [4.69, 9.17) is 14.2 Å². The van der Waals surface area contributed by atoms with Crippen molar-refractivity contribution >= 4 is 34.4 Å². The van der Waals surface area contributed by atoms with Gasteiger partial charge in [0.2, 0.25) is 5.91 Å². The Bertz CT molecular complexity index is 1490. The van der Waals surface area contributed by atoms with Gasteiger partial charge in [0.15, 0.2) is 11.6 Å². The number of fused-ring (bicyclic) bond motifs is 1. The molecule has 0 saturated carbocycles. The number of imidazole rings is 1. The fourth-order valence-electron chi connectivity index (χ4n) is 3.61. The van der Waals surface area contributed by atoms with Crippen molar-refractivity contribution in [2.45, 2.75) is 0 Å². The van der Waals surface area contributed by atoms with Gasteiger partial charge in [0.05, 0.1) is 30.3 Å². The van der Waals surface area contributed by atoms with Crippen molar-refractivity contribution in [2.24, 2.45) is 0 Å². The molecule has 0 radical (unpaired) electrons. The van der Waals surface area contributed by atoms with Crippen LogP contribution >= 0.6 is 0 Å². The highest BCUT2D eigenvalue weighted by atomic mass is 19.1. The lowest BCUT2D eigenvalue weighted by atomic mass is 10.2. The smallest absolute Gasteiger partial charge is 0.313 e. The number of benzene rings is 3. The molecule has 11 nitrogen and oxygen atoms in total. The summed E-state index contributed by atoms with van der Waals surface area (Å²) in [6, 6.07) is 14.8. The molecule has 2 N–H and O–H groups in total. The molecule has 0 aliphatic heterocycles. The van der Waals surface area contributed by atoms with Crippen molar-refractivity contribution in [1.82, 2.24) is 9.71 Å². The van der Waals surface area contributed by atoms with Gasteiger partial charge in [-0.2, -0.15) is 4.73 Å². The molecule has 1 aromatic heterocycles. The lowest BCUT2D eigenvalue weighted by Crippen LogP contribution is -2.10. The summed E-state index contributed by atoms with van der Waals surface area (Å²) in [5, 5.41) is 25.0. The highest BCUT2D eigenvalue weighted by molar-refractivity contribution is 6.02. The fraction of sp³-hybridized carbons (Fsp3) is 0.185. The molecule has 1 amide bonds. The van der Waals surface area contributed by atoms with E-state index in [-0.39, 0.29) is 53.2 Å². The van der Waals surface area contributed by atoms with Gasteiger partial charge in [-0.3, -0.25) is 14.9 Å². The van der Waals surface area contributed by atoms with E-state index in [1.54, 1.807) is 49.6 Å². The first kappa shape index (κ1) is 27.2. The van der Waals surface area contributed by atoms with Crippen molar-refractivity contribution in [3.05, 3.63) is 88.2 Å². The predicted octanol–water partition coefficient (Wildman–Crippen LogP) is 4.68. The van der Waals surface area contributed by atoms with Crippen molar-refractivity contribution < 1.29 is 33.5 Å².